The number of rotatable bonds is 5. The van der Waals surface area contributed by atoms with Crippen molar-refractivity contribution in [3.63, 3.8) is 0 Å². The van der Waals surface area contributed by atoms with Gasteiger partial charge in [-0.1, -0.05) is 6.07 Å². The molecule has 0 bridgehead atoms. The smallest absolute Gasteiger partial charge is 0.264 e. The molecule has 0 radical (unpaired) electrons. The number of halogens is 1. The van der Waals surface area contributed by atoms with E-state index in [1.54, 1.807) is 24.0 Å². The molecular formula is C19H22FN5O3. The summed E-state index contributed by atoms with van der Waals surface area (Å²) in [4.78, 5) is 30.9. The maximum absolute atomic E-state index is 13.9. The lowest BCUT2D eigenvalue weighted by Crippen LogP contribution is -2.48. The summed E-state index contributed by atoms with van der Waals surface area (Å²) in [6, 6.07) is 4.53. The zero-order valence-electron chi connectivity index (χ0n) is 15.6. The number of hydrogen-bond acceptors (Lipinski definition) is 5. The lowest BCUT2D eigenvalue weighted by atomic mass is 10.1. The van der Waals surface area contributed by atoms with Gasteiger partial charge in [0.15, 0.2) is 11.9 Å². The monoisotopic (exact) mass is 387 g/mol. The van der Waals surface area contributed by atoms with Crippen molar-refractivity contribution in [2.75, 3.05) is 13.1 Å². The quantitative estimate of drug-likeness (QED) is 0.794. The molecule has 2 amide bonds. The first-order chi connectivity index (χ1) is 13.5. The summed E-state index contributed by atoms with van der Waals surface area (Å²) in [5.74, 6) is 0.837. The third-order valence-electron chi connectivity index (χ3n) is 5.17. The Balaban J connectivity index is 1.33. The van der Waals surface area contributed by atoms with Crippen molar-refractivity contribution in [3.8, 4) is 5.75 Å². The van der Waals surface area contributed by atoms with Gasteiger partial charge in [0.25, 0.3) is 5.91 Å². The molecule has 3 heterocycles. The van der Waals surface area contributed by atoms with Crippen LogP contribution in [0, 0.1) is 12.7 Å². The highest BCUT2D eigenvalue weighted by Crippen LogP contribution is 2.32. The molecule has 2 atom stereocenters. The van der Waals surface area contributed by atoms with E-state index in [0.717, 1.165) is 12.8 Å². The molecule has 1 saturated heterocycles. The van der Waals surface area contributed by atoms with E-state index >= 15 is 0 Å². The number of likely N-dealkylation sites (tertiary alicyclic amines) is 1. The van der Waals surface area contributed by atoms with E-state index in [1.165, 1.54) is 6.07 Å². The van der Waals surface area contributed by atoms with Gasteiger partial charge in [0.1, 0.15) is 17.4 Å². The van der Waals surface area contributed by atoms with Crippen LogP contribution in [0.2, 0.25) is 0 Å². The predicted octanol–water partition coefficient (Wildman–Crippen LogP) is 0.906. The van der Waals surface area contributed by atoms with Gasteiger partial charge in [-0.15, -0.1) is 0 Å². The van der Waals surface area contributed by atoms with Crippen molar-refractivity contribution >= 4 is 11.8 Å². The van der Waals surface area contributed by atoms with Crippen LogP contribution in [0.1, 0.15) is 30.1 Å². The summed E-state index contributed by atoms with van der Waals surface area (Å²) in [5, 5.41) is 9.51. The van der Waals surface area contributed by atoms with Crippen molar-refractivity contribution in [1.82, 2.24) is 25.4 Å². The molecule has 2 aliphatic rings. The van der Waals surface area contributed by atoms with Crippen LogP contribution >= 0.6 is 0 Å². The van der Waals surface area contributed by atoms with Crippen LogP contribution < -0.4 is 10.1 Å². The van der Waals surface area contributed by atoms with Gasteiger partial charge in [-0.3, -0.25) is 14.7 Å². The SMILES string of the molecule is Cc1nc(CC(=O)NCC2CCCN2C(=O)C2Cc3c(F)cccc3O2)n[nH]1. The number of carbonyl (C=O) groups excluding carboxylic acids is 2. The van der Waals surface area contributed by atoms with Crippen LogP contribution in [-0.4, -0.2) is 57.1 Å². The Morgan fingerprint density at radius 2 is 2.29 bits per heavy atom. The summed E-state index contributed by atoms with van der Waals surface area (Å²) >= 11 is 0. The zero-order valence-corrected chi connectivity index (χ0v) is 15.6. The lowest BCUT2D eigenvalue weighted by molar-refractivity contribution is -0.139. The molecule has 2 aliphatic heterocycles. The highest BCUT2D eigenvalue weighted by atomic mass is 19.1. The van der Waals surface area contributed by atoms with Gasteiger partial charge < -0.3 is 15.0 Å². The number of carbonyl (C=O) groups is 2. The Labute approximate surface area is 161 Å². The van der Waals surface area contributed by atoms with Crippen molar-refractivity contribution in [1.29, 1.82) is 0 Å². The molecule has 0 spiro atoms. The second kappa shape index (κ2) is 7.57. The Hall–Kier alpha value is -2.97. The number of nitrogens with one attached hydrogen (secondary N) is 2. The maximum Gasteiger partial charge on any atom is 0.264 e. The molecule has 148 valence electrons. The molecule has 1 aromatic carbocycles. The van der Waals surface area contributed by atoms with Gasteiger partial charge in [0, 0.05) is 31.1 Å². The van der Waals surface area contributed by atoms with E-state index in [-0.39, 0.29) is 36.5 Å². The zero-order chi connectivity index (χ0) is 19.7. The molecule has 1 aromatic heterocycles. The molecule has 4 rings (SSSR count). The van der Waals surface area contributed by atoms with E-state index in [0.29, 0.717) is 36.1 Å². The molecule has 8 nitrogen and oxygen atoms in total. The predicted molar refractivity (Wildman–Crippen MR) is 97.1 cm³/mol. The fourth-order valence-electron chi connectivity index (χ4n) is 3.79. The van der Waals surface area contributed by atoms with Gasteiger partial charge in [0.2, 0.25) is 5.91 Å². The number of nitrogens with zero attached hydrogens (tertiary/aromatic N) is 3. The Morgan fingerprint density at radius 3 is 3.04 bits per heavy atom. The first kappa shape index (κ1) is 18.4. The molecule has 0 saturated carbocycles. The van der Waals surface area contributed by atoms with Crippen LogP contribution in [0.25, 0.3) is 0 Å². The Kier molecular flexibility index (Phi) is 4.97. The number of H-pyrrole nitrogens is 1. The topological polar surface area (TPSA) is 100 Å². The Bertz CT molecular complexity index is 899. The van der Waals surface area contributed by atoms with Gasteiger partial charge in [-0.25, -0.2) is 9.37 Å². The van der Waals surface area contributed by atoms with E-state index in [1.807, 2.05) is 0 Å². The summed E-state index contributed by atoms with van der Waals surface area (Å²) in [7, 11) is 0. The second-order valence-corrected chi connectivity index (χ2v) is 7.17. The summed E-state index contributed by atoms with van der Waals surface area (Å²) in [5.41, 5.74) is 0.451. The molecule has 1 fully saturated rings. The minimum Gasteiger partial charge on any atom is -0.480 e. The molecule has 2 N–H and O–H groups in total. The Morgan fingerprint density at radius 1 is 1.43 bits per heavy atom. The van der Waals surface area contributed by atoms with Crippen LogP contribution in [0.3, 0.4) is 0 Å². The first-order valence-electron chi connectivity index (χ1n) is 9.40. The van der Waals surface area contributed by atoms with E-state index < -0.39 is 6.10 Å². The number of benzene rings is 1. The number of aryl methyl sites for hydroxylation is 1. The number of fused-ring (bicyclic) bond motifs is 1. The fraction of sp³-hybridized carbons (Fsp3) is 0.474. The van der Waals surface area contributed by atoms with Gasteiger partial charge in [-0.2, -0.15) is 5.10 Å². The van der Waals surface area contributed by atoms with Gasteiger partial charge in [-0.05, 0) is 31.9 Å². The maximum atomic E-state index is 13.9. The first-order valence-corrected chi connectivity index (χ1v) is 9.40. The molecule has 9 heteroatoms. The lowest BCUT2D eigenvalue weighted by Gasteiger charge is -2.27. The highest BCUT2D eigenvalue weighted by molar-refractivity contribution is 5.83. The van der Waals surface area contributed by atoms with Crippen LogP contribution in [0.15, 0.2) is 18.2 Å². The van der Waals surface area contributed by atoms with E-state index in [4.69, 9.17) is 4.74 Å². The standard InChI is InChI=1S/C19H22FN5O3/c1-11-22-17(24-23-11)9-18(26)21-10-12-4-3-7-25(12)19(27)16-8-13-14(20)5-2-6-15(13)28-16/h2,5-6,12,16H,3-4,7-10H2,1H3,(H,21,26)(H,22,23,24). The molecule has 28 heavy (non-hydrogen) atoms. The number of aromatic amines is 1. The van der Waals surface area contributed by atoms with Crippen LogP contribution in [0.5, 0.6) is 5.75 Å². The number of hydrogen-bond donors (Lipinski definition) is 2. The second-order valence-electron chi connectivity index (χ2n) is 7.17. The largest absolute Gasteiger partial charge is 0.480 e. The number of ether oxygens (including phenoxy) is 1. The van der Waals surface area contributed by atoms with Crippen molar-refractivity contribution in [2.24, 2.45) is 0 Å². The minimum absolute atomic E-state index is 0.0886. The van der Waals surface area contributed by atoms with Crippen LogP contribution in [-0.2, 0) is 22.4 Å². The number of aromatic nitrogens is 3. The number of amides is 2. The summed E-state index contributed by atoms with van der Waals surface area (Å²) in [6.45, 7) is 2.74. The van der Waals surface area contributed by atoms with Crippen molar-refractivity contribution in [2.45, 2.75) is 44.8 Å². The van der Waals surface area contributed by atoms with Crippen LogP contribution in [0.4, 0.5) is 4.39 Å². The molecule has 2 unspecified atom stereocenters. The average molecular weight is 387 g/mol. The third kappa shape index (κ3) is 3.69. The van der Waals surface area contributed by atoms with E-state index in [2.05, 4.69) is 20.5 Å². The van der Waals surface area contributed by atoms with Crippen molar-refractivity contribution in [3.05, 3.63) is 41.2 Å². The molecule has 0 aliphatic carbocycles. The molecule has 2 aromatic rings. The minimum atomic E-state index is -0.709. The van der Waals surface area contributed by atoms with Gasteiger partial charge >= 0.3 is 0 Å². The third-order valence-corrected chi connectivity index (χ3v) is 5.17. The summed E-state index contributed by atoms with van der Waals surface area (Å²) < 4.78 is 19.6. The normalized spacial score (nSPS) is 20.7. The molecular weight excluding hydrogens is 365 g/mol. The average Bonchev–Trinajstić information content (AvgIpc) is 3.39. The fourth-order valence-corrected chi connectivity index (χ4v) is 3.79. The highest BCUT2D eigenvalue weighted by Gasteiger charge is 2.38. The summed E-state index contributed by atoms with van der Waals surface area (Å²) in [6.07, 6.45) is 1.28. The van der Waals surface area contributed by atoms with Crippen molar-refractivity contribution < 1.29 is 18.7 Å². The van der Waals surface area contributed by atoms with Gasteiger partial charge in [0.05, 0.1) is 6.42 Å². The van der Waals surface area contributed by atoms with E-state index in [9.17, 15) is 14.0 Å².